The van der Waals surface area contributed by atoms with Crippen LogP contribution in [0.25, 0.3) is 0 Å². The molecule has 0 saturated heterocycles. The van der Waals surface area contributed by atoms with Crippen LogP contribution in [0.15, 0.2) is 97.3 Å². The Labute approximate surface area is 150 Å². The lowest BCUT2D eigenvalue weighted by Gasteiger charge is -2.41. The fourth-order valence-corrected chi connectivity index (χ4v) is 8.49. The molecule has 124 valence electrons. The predicted molar refractivity (Wildman–Crippen MR) is 107 cm³/mol. The molecule has 0 spiro atoms. The molecule has 1 unspecified atom stereocenters. The fraction of sp³-hybridized carbons (Fsp3) is 0.130. The Kier molecular flexibility index (Phi) is 4.29. The highest BCUT2D eigenvalue weighted by Crippen LogP contribution is 2.36. The first-order chi connectivity index (χ1) is 12.3. The first-order valence-corrected chi connectivity index (χ1v) is 10.8. The van der Waals surface area contributed by atoms with Crippen LogP contribution in [0.3, 0.4) is 0 Å². The van der Waals surface area contributed by atoms with E-state index in [0.717, 1.165) is 6.42 Å². The summed E-state index contributed by atoms with van der Waals surface area (Å²) in [6.07, 6.45) is 5.12. The summed E-state index contributed by atoms with van der Waals surface area (Å²) in [6, 6.07) is 30.4. The summed E-state index contributed by atoms with van der Waals surface area (Å²) in [5, 5.41) is 2.66. The minimum atomic E-state index is -2.42. The number of rotatable bonds is 3. The molecule has 3 aromatic carbocycles. The summed E-state index contributed by atoms with van der Waals surface area (Å²) >= 11 is 0. The second kappa shape index (κ2) is 6.73. The third kappa shape index (κ3) is 2.73. The normalized spacial score (nSPS) is 18.5. The van der Waals surface area contributed by atoms with Crippen molar-refractivity contribution < 1.29 is 4.43 Å². The van der Waals surface area contributed by atoms with E-state index in [1.54, 1.807) is 0 Å². The minimum absolute atomic E-state index is 0.364. The Bertz CT molecular complexity index is 831. The maximum absolute atomic E-state index is 6.62. The molecule has 0 fully saturated rings. The number of benzene rings is 3. The highest BCUT2D eigenvalue weighted by molar-refractivity contribution is 6.98. The lowest BCUT2D eigenvalue weighted by atomic mass is 10.0. The van der Waals surface area contributed by atoms with E-state index in [9.17, 15) is 0 Å². The molecule has 0 aromatic heterocycles. The third-order valence-electron chi connectivity index (χ3n) is 5.18. The molecule has 1 heterocycles. The van der Waals surface area contributed by atoms with Crippen LogP contribution in [-0.4, -0.2) is 8.32 Å². The van der Waals surface area contributed by atoms with E-state index in [2.05, 4.69) is 97.9 Å². The van der Waals surface area contributed by atoms with Gasteiger partial charge in [0.15, 0.2) is 0 Å². The van der Waals surface area contributed by atoms with Gasteiger partial charge < -0.3 is 4.43 Å². The Balaban J connectivity index is 1.98. The maximum Gasteiger partial charge on any atom is 0.321 e. The molecule has 25 heavy (non-hydrogen) atoms. The number of hydrogen-bond acceptors (Lipinski definition) is 1. The summed E-state index contributed by atoms with van der Waals surface area (Å²) < 4.78 is 6.62. The van der Waals surface area contributed by atoms with Gasteiger partial charge in [0.05, 0.1) is 6.26 Å². The number of aryl methyl sites for hydroxylation is 1. The summed E-state index contributed by atoms with van der Waals surface area (Å²) in [7, 11) is -2.42. The second-order valence-electron chi connectivity index (χ2n) is 6.60. The molecule has 1 aliphatic rings. The van der Waals surface area contributed by atoms with Gasteiger partial charge in [-0.2, -0.15) is 0 Å². The average molecular weight is 343 g/mol. The lowest BCUT2D eigenvalue weighted by molar-refractivity contribution is 0.450. The molecule has 0 saturated carbocycles. The largest absolute Gasteiger partial charge is 0.540 e. The highest BCUT2D eigenvalue weighted by atomic mass is 28.4. The van der Waals surface area contributed by atoms with Gasteiger partial charge in [-0.1, -0.05) is 91.0 Å². The van der Waals surface area contributed by atoms with E-state index >= 15 is 0 Å². The van der Waals surface area contributed by atoms with E-state index in [0.29, 0.717) is 5.54 Å². The van der Waals surface area contributed by atoms with Crippen molar-refractivity contribution in [1.29, 1.82) is 0 Å². The number of allylic oxidation sites excluding steroid dienone is 1. The van der Waals surface area contributed by atoms with Crippen molar-refractivity contribution in [2.75, 3.05) is 0 Å². The van der Waals surface area contributed by atoms with Gasteiger partial charge in [-0.25, -0.2) is 0 Å². The molecule has 0 N–H and O–H groups in total. The van der Waals surface area contributed by atoms with Crippen molar-refractivity contribution in [3.63, 3.8) is 0 Å². The number of hydrogen-bond donors (Lipinski definition) is 0. The molecule has 1 nitrogen and oxygen atoms in total. The predicted octanol–water partition coefficient (Wildman–Crippen LogP) is 4.31. The Morgan fingerprint density at radius 3 is 1.92 bits per heavy atom. The minimum Gasteiger partial charge on any atom is -0.540 e. The van der Waals surface area contributed by atoms with E-state index in [1.165, 1.54) is 21.5 Å². The van der Waals surface area contributed by atoms with Gasteiger partial charge in [-0.3, -0.25) is 0 Å². The Morgan fingerprint density at radius 2 is 1.32 bits per heavy atom. The van der Waals surface area contributed by atoms with Crippen LogP contribution in [0.4, 0.5) is 0 Å². The van der Waals surface area contributed by atoms with Crippen molar-refractivity contribution in [1.82, 2.24) is 0 Å². The molecular weight excluding hydrogens is 320 g/mol. The van der Waals surface area contributed by atoms with Crippen molar-refractivity contribution >= 4 is 18.7 Å². The molecule has 1 atom stereocenters. The van der Waals surface area contributed by atoms with Crippen molar-refractivity contribution in [3.8, 4) is 0 Å². The molecule has 4 rings (SSSR count). The van der Waals surface area contributed by atoms with Crippen LogP contribution in [0, 0.1) is 6.92 Å². The first kappa shape index (κ1) is 15.9. The lowest BCUT2D eigenvalue weighted by Crippen LogP contribution is -2.65. The van der Waals surface area contributed by atoms with E-state index in [4.69, 9.17) is 4.43 Å². The summed E-state index contributed by atoms with van der Waals surface area (Å²) in [5.74, 6) is 0. The molecule has 0 bridgehead atoms. The highest BCUT2D eigenvalue weighted by Gasteiger charge is 2.50. The summed E-state index contributed by atoms with van der Waals surface area (Å²) in [4.78, 5) is 0. The van der Waals surface area contributed by atoms with Gasteiger partial charge >= 0.3 is 8.32 Å². The van der Waals surface area contributed by atoms with Crippen molar-refractivity contribution in [2.45, 2.75) is 18.9 Å². The van der Waals surface area contributed by atoms with Gasteiger partial charge in [-0.05, 0) is 34.8 Å². The molecule has 0 amide bonds. The van der Waals surface area contributed by atoms with Crippen LogP contribution in [-0.2, 0) is 4.43 Å². The average Bonchev–Trinajstić information content (AvgIpc) is 2.70. The Hall–Kier alpha value is -2.58. The van der Waals surface area contributed by atoms with Gasteiger partial charge in [-0.15, -0.1) is 0 Å². The standard InChI is InChI=1S/C23H22OSi/c1-19-11-8-9-16-22(19)23-17-10-18-24-25(23,20-12-4-2-5-13-20)21-14-6-3-7-15-21/h2-16,18,23H,17H2,1H3. The van der Waals surface area contributed by atoms with Gasteiger partial charge in [0.1, 0.15) is 0 Å². The second-order valence-corrected chi connectivity index (χ2v) is 10.2. The summed E-state index contributed by atoms with van der Waals surface area (Å²) in [6.45, 7) is 2.21. The van der Waals surface area contributed by atoms with E-state index in [1.807, 2.05) is 6.26 Å². The quantitative estimate of drug-likeness (QED) is 0.645. The molecule has 0 aliphatic carbocycles. The van der Waals surface area contributed by atoms with Crippen LogP contribution in [0.2, 0.25) is 0 Å². The Morgan fingerprint density at radius 1 is 0.760 bits per heavy atom. The summed E-state index contributed by atoms with van der Waals surface area (Å²) in [5.41, 5.74) is 3.12. The molecule has 3 aromatic rings. The van der Waals surface area contributed by atoms with Crippen LogP contribution in [0.5, 0.6) is 0 Å². The van der Waals surface area contributed by atoms with Crippen molar-refractivity contribution in [2.24, 2.45) is 0 Å². The van der Waals surface area contributed by atoms with Gasteiger partial charge in [0.25, 0.3) is 0 Å². The first-order valence-electron chi connectivity index (χ1n) is 8.82. The monoisotopic (exact) mass is 342 g/mol. The molecular formula is C23H22OSi. The topological polar surface area (TPSA) is 9.23 Å². The smallest absolute Gasteiger partial charge is 0.321 e. The molecule has 1 aliphatic heterocycles. The zero-order valence-electron chi connectivity index (χ0n) is 14.4. The zero-order chi connectivity index (χ0) is 17.1. The van der Waals surface area contributed by atoms with E-state index < -0.39 is 8.32 Å². The zero-order valence-corrected chi connectivity index (χ0v) is 15.4. The van der Waals surface area contributed by atoms with Crippen LogP contribution < -0.4 is 10.4 Å². The van der Waals surface area contributed by atoms with Crippen molar-refractivity contribution in [3.05, 3.63) is 108 Å². The fourth-order valence-electron chi connectivity index (χ4n) is 4.00. The molecule has 0 radical (unpaired) electrons. The van der Waals surface area contributed by atoms with Crippen LogP contribution in [0.1, 0.15) is 23.1 Å². The van der Waals surface area contributed by atoms with Crippen LogP contribution >= 0.6 is 0 Å². The molecule has 2 heteroatoms. The van der Waals surface area contributed by atoms with Gasteiger partial charge in [0.2, 0.25) is 0 Å². The van der Waals surface area contributed by atoms with Gasteiger partial charge in [0, 0.05) is 5.54 Å². The SMILES string of the molecule is Cc1ccccc1C1CC=CO[Si]1(c1ccccc1)c1ccccc1. The maximum atomic E-state index is 6.62. The third-order valence-corrected chi connectivity index (χ3v) is 9.60. The van der Waals surface area contributed by atoms with E-state index in [-0.39, 0.29) is 0 Å².